The third-order valence-corrected chi connectivity index (χ3v) is 17.8. The molecule has 6 heterocycles. The van der Waals surface area contributed by atoms with E-state index in [1.54, 1.807) is 21.3 Å². The second kappa shape index (κ2) is 75.3. The number of methoxy groups -OCH3 is 3. The van der Waals surface area contributed by atoms with Gasteiger partial charge in [-0.15, -0.1) is 0 Å². The number of nitrogens with zero attached hydrogens (tertiary/aromatic N) is 2. The summed E-state index contributed by atoms with van der Waals surface area (Å²) >= 11 is -0.910. The summed E-state index contributed by atoms with van der Waals surface area (Å²) in [6.45, 7) is 34.8. The molecule has 0 radical (unpaired) electrons. The van der Waals surface area contributed by atoms with Crippen molar-refractivity contribution in [2.24, 2.45) is 5.73 Å². The molecule has 0 spiro atoms. The van der Waals surface area contributed by atoms with Crippen LogP contribution in [0, 0.1) is 0 Å². The average molecular weight is 1800 g/mol. The molecule has 2 saturated heterocycles. The molecule has 36 heteroatoms. The van der Waals surface area contributed by atoms with Crippen LogP contribution in [0.2, 0.25) is 0 Å². The van der Waals surface area contributed by atoms with Gasteiger partial charge in [0.15, 0.2) is 0 Å². The van der Waals surface area contributed by atoms with Crippen molar-refractivity contribution in [2.75, 3.05) is 179 Å². The molecule has 2 aliphatic carbocycles. The van der Waals surface area contributed by atoms with Gasteiger partial charge in [-0.2, -0.15) is 0 Å². The maximum absolute atomic E-state index is 5.74. The Morgan fingerprint density at radius 2 is 0.689 bits per heavy atom. The molecule has 24 nitrogen and oxygen atoms in total. The summed E-state index contributed by atoms with van der Waals surface area (Å²) in [6.07, 6.45) is 12.7. The molecule has 4 aliphatic heterocycles. The zero-order chi connectivity index (χ0) is 75.4. The van der Waals surface area contributed by atoms with Crippen LogP contribution in [0.25, 0.3) is 0 Å². The smallest absolute Gasteiger partial charge is 0.0545 e. The van der Waals surface area contributed by atoms with E-state index in [-0.39, 0.29) is 57.5 Å². The van der Waals surface area contributed by atoms with Gasteiger partial charge in [0.05, 0.1) is 42.6 Å². The molecule has 12 atom stereocenters. The predicted octanol–water partition coefficient (Wildman–Crippen LogP) is 4.64. The summed E-state index contributed by atoms with van der Waals surface area (Å²) < 4.78 is 16.3. The van der Waals surface area contributed by atoms with Gasteiger partial charge in [0.1, 0.15) is 0 Å². The van der Waals surface area contributed by atoms with E-state index >= 15 is 0 Å². The number of hydrogen-bond donors (Lipinski definition) is 19. The number of fused-ring (bicyclic) bond motifs is 6. The molecule has 0 amide bonds. The number of halogens is 8. The zero-order valence-electron chi connectivity index (χ0n) is 62.8. The van der Waals surface area contributed by atoms with Crippen molar-refractivity contribution in [1.82, 2.24) is 106 Å². The predicted molar refractivity (Wildman–Crippen MR) is 423 cm³/mol. The summed E-state index contributed by atoms with van der Waals surface area (Å²) in [5.41, 5.74) is 10.2. The SMILES string of the molecule is COC[C@H]1CNC2CCCCC2NCCN[C@H](COC)CN[C@H](COC)CN1.C[C@@H]1CN[C@@H](CCCN)CN[C@@H]2CCCC[C@H]2NCCN[C@@H](C)CN1.C[C@H]1CNCCNC[C@H](C)NCc2cccc(n2)CN1.[Cl][Mn][Cl].[Cl][Mn][Cl].[Cl][Mn][Cl].[Cl][Zn][Cl].c1cc2nc(c1)CNCCNCCNCCNC2. The van der Waals surface area contributed by atoms with Gasteiger partial charge in [0.2, 0.25) is 0 Å². The van der Waals surface area contributed by atoms with Crippen LogP contribution in [-0.2, 0) is 94.9 Å². The topological polar surface area (TPSA) is 296 Å². The van der Waals surface area contributed by atoms with E-state index in [2.05, 4.69) is 170 Å². The van der Waals surface area contributed by atoms with Gasteiger partial charge < -0.3 is 116 Å². The summed E-state index contributed by atoms with van der Waals surface area (Å²) in [5.74, 6) is 0. The van der Waals surface area contributed by atoms with Gasteiger partial charge in [-0.3, -0.25) is 9.97 Å². The number of aromatic nitrogens is 2. The quantitative estimate of drug-likeness (QED) is 0.152. The molecule has 2 aromatic heterocycles. The molecule has 0 aromatic carbocycles. The third kappa shape index (κ3) is 59.3. The minimum atomic E-state index is -0.931. The Hall–Kier alpha value is 1.92. The van der Waals surface area contributed by atoms with Crippen LogP contribution < -0.4 is 101 Å². The van der Waals surface area contributed by atoms with Crippen molar-refractivity contribution in [3.05, 3.63) is 59.2 Å². The molecule has 2 aromatic rings. The first-order valence-corrected chi connectivity index (χ1v) is 54.7. The number of nitrogens with two attached hydrogens (primary N) is 1. The van der Waals surface area contributed by atoms with Crippen LogP contribution >= 0.6 is 80.0 Å². The molecule has 2 saturated carbocycles. The van der Waals surface area contributed by atoms with Crippen molar-refractivity contribution >= 4 is 80.0 Å². The first-order chi connectivity index (χ1) is 50.3. The number of pyridine rings is 2. The van der Waals surface area contributed by atoms with E-state index in [0.29, 0.717) is 74.2 Å². The molecule has 103 heavy (non-hydrogen) atoms. The number of ether oxygens (including phenoxy) is 3. The monoisotopic (exact) mass is 1790 g/mol. The largest absolute Gasteiger partial charge is 0.314 e. The molecule has 4 bridgehead atoms. The van der Waals surface area contributed by atoms with Crippen LogP contribution in [0.4, 0.5) is 0 Å². The van der Waals surface area contributed by atoms with Gasteiger partial charge in [0.25, 0.3) is 0 Å². The van der Waals surface area contributed by atoms with Gasteiger partial charge in [-0.05, 0) is 97.0 Å². The van der Waals surface area contributed by atoms with Gasteiger partial charge in [-0.1, -0.05) is 37.8 Å². The molecular formula is C67H135Cl8Mn3N21O3Zn. The van der Waals surface area contributed by atoms with Crippen LogP contribution in [0.15, 0.2) is 36.4 Å². The standard InChI is InChI=1S/C20H43N5O3.C19H42N6.C15H27N5.C13H23N5.8ClH.3Mn.Zn/c1-26-13-16-10-23-17(14-27-2)11-24-18(15-28-3)12-25-20-7-5-4-6-19(20)22-9-8-21-16;1-15-12-23-16(2)13-24-17(6-5-9-20)14-25-19-8-4-3-7-18(19)22-11-10-21-15;1-12-8-16-6-7-17-9-13(2)19-11-15-5-3-4-14(20-15)10-18-12;1-2-12-10-16-8-6-14-4-5-15-7-9-17-11-13(3-1)18-12;;;;;;;;;;;;/h16-25H,4-15H2,1-3H3;15-19,21-25H,3-14,20H2,1-2H3;3-5,12-13,16-19H,6-11H2,1-2H3;1-3,14-17H,4-11H2;8*1H;;;;/q;;;;;;;;;;;;4*+2/p-8/t16-,17-,18+,19?,20?;15-,16+,17-,18+,19+;12-,13-;;;;;;;;;;;;;/m000............./s1. The minimum Gasteiger partial charge on any atom is -0.314 e. The molecule has 4 fully saturated rings. The van der Waals surface area contributed by atoms with Crippen LogP contribution in [-0.4, -0.2) is 261 Å². The first-order valence-electron chi connectivity index (χ1n) is 37.1. The first kappa shape index (κ1) is 103. The van der Waals surface area contributed by atoms with Crippen LogP contribution in [0.1, 0.15) is 115 Å². The van der Waals surface area contributed by atoms with Crippen LogP contribution in [0.3, 0.4) is 0 Å². The Kier molecular flexibility index (Phi) is 75.2. The Labute approximate surface area is 682 Å². The van der Waals surface area contributed by atoms with Crippen molar-refractivity contribution < 1.29 is 68.8 Å². The van der Waals surface area contributed by atoms with Crippen molar-refractivity contribution in [2.45, 2.75) is 191 Å². The second-order valence-electron chi connectivity index (χ2n) is 26.5. The fourth-order valence-corrected chi connectivity index (χ4v) is 12.4. The molecule has 605 valence electrons. The second-order valence-corrected chi connectivity index (χ2v) is 36.9. The minimum absolute atomic E-state index is 0.00694. The maximum atomic E-state index is 5.74. The summed E-state index contributed by atoms with van der Waals surface area (Å²) in [6, 6.07) is 18.0. The molecular weight excluding hydrogens is 1660 g/mol. The normalized spacial score (nSPS) is 27.5. The zero-order valence-corrected chi connectivity index (χ0v) is 75.4. The number of nitrogens with one attached hydrogen (secondary N) is 18. The van der Waals surface area contributed by atoms with E-state index in [9.17, 15) is 0 Å². The van der Waals surface area contributed by atoms with E-state index in [1.165, 1.54) is 51.4 Å². The average Bonchev–Trinajstić information content (AvgIpc) is 1.34. The van der Waals surface area contributed by atoms with Gasteiger partial charge >= 0.3 is 135 Å². The van der Waals surface area contributed by atoms with Crippen molar-refractivity contribution in [3.63, 3.8) is 0 Å². The third-order valence-electron chi connectivity index (χ3n) is 17.8. The van der Waals surface area contributed by atoms with Crippen LogP contribution in [0.5, 0.6) is 0 Å². The van der Waals surface area contributed by atoms with Gasteiger partial charge in [-0.25, -0.2) is 0 Å². The van der Waals surface area contributed by atoms with E-state index in [1.807, 2.05) is 0 Å². The Morgan fingerprint density at radius 3 is 1.11 bits per heavy atom. The van der Waals surface area contributed by atoms with Gasteiger partial charge in [0, 0.05) is 251 Å². The Balaban J connectivity index is 0.000000657. The molecule has 2 unspecified atom stereocenters. The van der Waals surface area contributed by atoms with E-state index in [4.69, 9.17) is 99.9 Å². The molecule has 20 N–H and O–H groups in total. The summed E-state index contributed by atoms with van der Waals surface area (Å²) in [5, 5.41) is 64.7. The fraction of sp³-hybridized carbons (Fsp3) is 0.851. The van der Waals surface area contributed by atoms with E-state index < -0.39 is 15.1 Å². The number of hydrogen-bond acceptors (Lipinski definition) is 24. The molecule has 6 aliphatic rings. The van der Waals surface area contributed by atoms with E-state index in [0.717, 1.165) is 199 Å². The summed E-state index contributed by atoms with van der Waals surface area (Å²) in [7, 11) is 44.0. The molecule has 8 rings (SSSR count). The fourth-order valence-electron chi connectivity index (χ4n) is 12.4. The van der Waals surface area contributed by atoms with Crippen molar-refractivity contribution in [3.8, 4) is 0 Å². The maximum Gasteiger partial charge on any atom is 0.0545 e. The Bertz CT molecular complexity index is 2090. The summed E-state index contributed by atoms with van der Waals surface area (Å²) in [4.78, 5) is 9.30. The number of rotatable bonds is 9. The Morgan fingerprint density at radius 1 is 0.379 bits per heavy atom. The van der Waals surface area contributed by atoms with Crippen molar-refractivity contribution in [1.29, 1.82) is 0 Å².